The molecule has 0 spiro atoms. The van der Waals surface area contributed by atoms with Gasteiger partial charge in [-0.05, 0) is 25.8 Å². The summed E-state index contributed by atoms with van der Waals surface area (Å²) in [6, 6.07) is 3.14. The van der Waals surface area contributed by atoms with Crippen molar-refractivity contribution in [3.05, 3.63) is 50.3 Å². The first kappa shape index (κ1) is 18.0. The number of carbonyl (C=O) groups excluding carboxylic acids is 1. The van der Waals surface area contributed by atoms with Gasteiger partial charge in [0.05, 0.1) is 18.3 Å². The number of amides is 1. The number of fused-ring (bicyclic) bond motifs is 1. The third kappa shape index (κ3) is 3.83. The summed E-state index contributed by atoms with van der Waals surface area (Å²) in [5.41, 5.74) is 1.27. The minimum Gasteiger partial charge on any atom is -0.354 e. The highest BCUT2D eigenvalue weighted by molar-refractivity contribution is 7.99. The predicted octanol–water partition coefficient (Wildman–Crippen LogP) is 0.839. The number of carbonyl (C=O) groups is 1. The minimum atomic E-state index is -0.191. The standard InChI is InChI=1S/C18H21N5O3S/c1-11-9-20-18-23(17(11)26)13(10-27-18)8-15(24)19-6-7-22-16(25)5-4-14(21-22)12-2-3-12/h4-5,9,12-13H,2-3,6-8,10H2,1H3,(H,19,24)/t13-/m0/s1. The summed E-state index contributed by atoms with van der Waals surface area (Å²) in [7, 11) is 0. The van der Waals surface area contributed by atoms with Crippen LogP contribution in [0.15, 0.2) is 33.1 Å². The minimum absolute atomic E-state index is 0.0876. The van der Waals surface area contributed by atoms with Gasteiger partial charge in [-0.2, -0.15) is 5.10 Å². The Morgan fingerprint density at radius 3 is 2.93 bits per heavy atom. The molecular formula is C18H21N5O3S. The number of aromatic nitrogens is 4. The fraction of sp³-hybridized carbons (Fsp3) is 0.500. The zero-order chi connectivity index (χ0) is 19.0. The first-order valence-corrected chi connectivity index (χ1v) is 10.1. The summed E-state index contributed by atoms with van der Waals surface area (Å²) in [5.74, 6) is 0.985. The zero-order valence-electron chi connectivity index (χ0n) is 15.1. The fourth-order valence-corrected chi connectivity index (χ4v) is 4.29. The normalized spacial score (nSPS) is 18.3. The molecule has 3 heterocycles. The van der Waals surface area contributed by atoms with Crippen LogP contribution in [0.5, 0.6) is 0 Å². The fourth-order valence-electron chi connectivity index (χ4n) is 3.18. The molecule has 1 saturated carbocycles. The van der Waals surface area contributed by atoms with Crippen LogP contribution in [0.3, 0.4) is 0 Å². The molecule has 2 aromatic heterocycles. The molecule has 27 heavy (non-hydrogen) atoms. The van der Waals surface area contributed by atoms with Gasteiger partial charge in [-0.15, -0.1) is 0 Å². The van der Waals surface area contributed by atoms with Gasteiger partial charge in [0.2, 0.25) is 5.91 Å². The highest BCUT2D eigenvalue weighted by Gasteiger charge is 2.28. The van der Waals surface area contributed by atoms with Gasteiger partial charge < -0.3 is 5.32 Å². The summed E-state index contributed by atoms with van der Waals surface area (Å²) >= 11 is 1.49. The van der Waals surface area contributed by atoms with E-state index in [1.54, 1.807) is 23.8 Å². The van der Waals surface area contributed by atoms with Gasteiger partial charge in [0.15, 0.2) is 5.16 Å². The highest BCUT2D eigenvalue weighted by atomic mass is 32.2. The van der Waals surface area contributed by atoms with E-state index in [4.69, 9.17) is 0 Å². The van der Waals surface area contributed by atoms with Crippen molar-refractivity contribution in [1.29, 1.82) is 0 Å². The third-order valence-electron chi connectivity index (χ3n) is 4.85. The Morgan fingerprint density at radius 1 is 1.33 bits per heavy atom. The molecule has 1 aliphatic heterocycles. The van der Waals surface area contributed by atoms with Crippen molar-refractivity contribution in [3.8, 4) is 0 Å². The number of thioether (sulfide) groups is 1. The molecule has 0 aromatic carbocycles. The second kappa shape index (κ2) is 7.30. The Kier molecular flexibility index (Phi) is 4.86. The van der Waals surface area contributed by atoms with Gasteiger partial charge >= 0.3 is 0 Å². The maximum atomic E-state index is 12.3. The number of aryl methyl sites for hydroxylation is 1. The molecule has 2 aliphatic rings. The van der Waals surface area contributed by atoms with Crippen LogP contribution in [0, 0.1) is 6.92 Å². The SMILES string of the molecule is Cc1cnc2n(c1=O)[C@@H](CC(=O)NCCn1nc(C3CC3)ccc1=O)CS2. The van der Waals surface area contributed by atoms with Crippen molar-refractivity contribution in [3.63, 3.8) is 0 Å². The van der Waals surface area contributed by atoms with E-state index in [9.17, 15) is 14.4 Å². The van der Waals surface area contributed by atoms with Crippen LogP contribution in [-0.2, 0) is 11.3 Å². The molecule has 1 aliphatic carbocycles. The van der Waals surface area contributed by atoms with Crippen molar-refractivity contribution in [1.82, 2.24) is 24.6 Å². The lowest BCUT2D eigenvalue weighted by Gasteiger charge is -2.14. The summed E-state index contributed by atoms with van der Waals surface area (Å²) in [4.78, 5) is 40.8. The molecule has 0 saturated heterocycles. The maximum Gasteiger partial charge on any atom is 0.266 e. The van der Waals surface area contributed by atoms with Crippen LogP contribution in [-0.4, -0.2) is 37.5 Å². The van der Waals surface area contributed by atoms with Gasteiger partial charge in [0, 0.05) is 42.5 Å². The smallest absolute Gasteiger partial charge is 0.266 e. The van der Waals surface area contributed by atoms with E-state index in [0.29, 0.717) is 35.5 Å². The molecule has 9 heteroatoms. The van der Waals surface area contributed by atoms with Crippen LogP contribution in [0.4, 0.5) is 0 Å². The molecule has 1 N–H and O–H groups in total. The van der Waals surface area contributed by atoms with Gasteiger partial charge in [-0.3, -0.25) is 19.0 Å². The lowest BCUT2D eigenvalue weighted by atomic mass is 10.2. The second-order valence-electron chi connectivity index (χ2n) is 7.01. The average Bonchev–Trinajstić information content (AvgIpc) is 3.42. The van der Waals surface area contributed by atoms with E-state index in [2.05, 4.69) is 15.4 Å². The third-order valence-corrected chi connectivity index (χ3v) is 5.96. The molecule has 4 rings (SSSR count). The molecule has 0 bridgehead atoms. The van der Waals surface area contributed by atoms with Gasteiger partial charge in [0.1, 0.15) is 0 Å². The summed E-state index contributed by atoms with van der Waals surface area (Å²) in [5, 5.41) is 7.88. The molecule has 1 amide bonds. The van der Waals surface area contributed by atoms with Crippen LogP contribution in [0.2, 0.25) is 0 Å². The van der Waals surface area contributed by atoms with Crippen LogP contribution >= 0.6 is 11.8 Å². The van der Waals surface area contributed by atoms with Crippen LogP contribution < -0.4 is 16.4 Å². The Hall–Kier alpha value is -2.42. The lowest BCUT2D eigenvalue weighted by molar-refractivity contribution is -0.121. The van der Waals surface area contributed by atoms with E-state index in [1.165, 1.54) is 22.5 Å². The van der Waals surface area contributed by atoms with Gasteiger partial charge in [0.25, 0.3) is 11.1 Å². The van der Waals surface area contributed by atoms with Crippen molar-refractivity contribution >= 4 is 17.7 Å². The molecule has 2 aromatic rings. The molecule has 0 radical (unpaired) electrons. The Morgan fingerprint density at radius 2 is 2.15 bits per heavy atom. The number of nitrogens with zero attached hydrogens (tertiary/aromatic N) is 4. The van der Waals surface area contributed by atoms with Crippen molar-refractivity contribution < 1.29 is 4.79 Å². The van der Waals surface area contributed by atoms with E-state index in [1.807, 2.05) is 0 Å². The number of rotatable bonds is 6. The monoisotopic (exact) mass is 387 g/mol. The molecule has 1 fully saturated rings. The molecule has 142 valence electrons. The van der Waals surface area contributed by atoms with Crippen molar-refractivity contribution in [2.75, 3.05) is 12.3 Å². The first-order chi connectivity index (χ1) is 13.0. The van der Waals surface area contributed by atoms with E-state index in [0.717, 1.165) is 18.5 Å². The topological polar surface area (TPSA) is 98.9 Å². The van der Waals surface area contributed by atoms with Gasteiger partial charge in [-0.1, -0.05) is 11.8 Å². The maximum absolute atomic E-state index is 12.3. The number of hydrogen-bond donors (Lipinski definition) is 1. The first-order valence-electron chi connectivity index (χ1n) is 9.08. The predicted molar refractivity (Wildman–Crippen MR) is 101 cm³/mol. The van der Waals surface area contributed by atoms with E-state index < -0.39 is 0 Å². The Bertz CT molecular complexity index is 995. The molecule has 0 unspecified atom stereocenters. The molecule has 8 nitrogen and oxygen atoms in total. The van der Waals surface area contributed by atoms with Crippen LogP contribution in [0.1, 0.15) is 42.5 Å². The van der Waals surface area contributed by atoms with Gasteiger partial charge in [-0.25, -0.2) is 9.67 Å². The lowest BCUT2D eigenvalue weighted by Crippen LogP contribution is -2.34. The quantitative estimate of drug-likeness (QED) is 0.738. The van der Waals surface area contributed by atoms with Crippen LogP contribution in [0.25, 0.3) is 0 Å². The summed E-state index contributed by atoms with van der Waals surface area (Å²) in [6.45, 7) is 2.39. The molecular weight excluding hydrogens is 366 g/mol. The Balaban J connectivity index is 1.34. The van der Waals surface area contributed by atoms with E-state index >= 15 is 0 Å². The number of hydrogen-bond acceptors (Lipinski definition) is 6. The zero-order valence-corrected chi connectivity index (χ0v) is 15.9. The second-order valence-corrected chi connectivity index (χ2v) is 8.00. The highest BCUT2D eigenvalue weighted by Crippen LogP contribution is 2.38. The largest absolute Gasteiger partial charge is 0.354 e. The summed E-state index contributed by atoms with van der Waals surface area (Å²) in [6.07, 6.45) is 4.03. The van der Waals surface area contributed by atoms with E-state index in [-0.39, 0.29) is 29.5 Å². The number of nitrogens with one attached hydrogen (secondary N) is 1. The van der Waals surface area contributed by atoms with Crippen molar-refractivity contribution in [2.45, 2.75) is 49.8 Å². The average molecular weight is 387 g/mol. The molecule has 1 atom stereocenters. The van der Waals surface area contributed by atoms with Crippen molar-refractivity contribution in [2.24, 2.45) is 0 Å². The summed E-state index contributed by atoms with van der Waals surface area (Å²) < 4.78 is 3.02. The Labute approximate surface area is 160 Å².